The van der Waals surface area contributed by atoms with Crippen molar-refractivity contribution in [2.75, 3.05) is 6.61 Å². The maximum atomic E-state index is 10.9. The molecule has 0 radical (unpaired) electrons. The van der Waals surface area contributed by atoms with Crippen LogP contribution in [-0.4, -0.2) is 17.7 Å². The number of aryl methyl sites for hydroxylation is 1. The van der Waals surface area contributed by atoms with Crippen LogP contribution in [-0.2, 0) is 16.1 Å². The van der Waals surface area contributed by atoms with Gasteiger partial charge in [0.05, 0.1) is 12.5 Å². The lowest BCUT2D eigenvalue weighted by Crippen LogP contribution is -2.10. The number of aliphatic carboxylic acids is 1. The Morgan fingerprint density at radius 3 is 2.30 bits per heavy atom. The molecule has 1 atom stereocenters. The predicted molar refractivity (Wildman–Crippen MR) is 88.6 cm³/mol. The highest BCUT2D eigenvalue weighted by Crippen LogP contribution is 2.24. The van der Waals surface area contributed by atoms with Crippen molar-refractivity contribution in [1.29, 1.82) is 0 Å². The van der Waals surface area contributed by atoms with E-state index < -0.39 is 12.1 Å². The van der Waals surface area contributed by atoms with Crippen LogP contribution >= 0.6 is 0 Å². The zero-order chi connectivity index (χ0) is 16.7. The molecule has 1 N–H and O–H groups in total. The van der Waals surface area contributed by atoms with Gasteiger partial charge in [0.25, 0.3) is 0 Å². The summed E-state index contributed by atoms with van der Waals surface area (Å²) in [5.74, 6) is -0.122. The van der Waals surface area contributed by atoms with Gasteiger partial charge in [-0.15, -0.1) is 0 Å². The molecule has 0 aromatic heterocycles. The third-order valence-corrected chi connectivity index (χ3v) is 3.51. The van der Waals surface area contributed by atoms with E-state index in [0.717, 1.165) is 16.9 Å². The molecule has 0 spiro atoms. The second kappa shape index (κ2) is 8.34. The maximum Gasteiger partial charge on any atom is 0.306 e. The molecule has 0 heterocycles. The lowest BCUT2D eigenvalue weighted by molar-refractivity contribution is -0.140. The van der Waals surface area contributed by atoms with E-state index >= 15 is 0 Å². The Labute approximate surface area is 136 Å². The third-order valence-electron chi connectivity index (χ3n) is 3.51. The molecule has 1 unspecified atom stereocenters. The fraction of sp³-hybridized carbons (Fsp3) is 0.316. The highest BCUT2D eigenvalue weighted by Gasteiger charge is 2.15. The first-order valence-electron chi connectivity index (χ1n) is 7.70. The van der Waals surface area contributed by atoms with Crippen molar-refractivity contribution in [3.8, 4) is 5.75 Å². The molecule has 122 valence electrons. The first-order valence-corrected chi connectivity index (χ1v) is 7.70. The fourth-order valence-electron chi connectivity index (χ4n) is 2.26. The number of ether oxygens (including phenoxy) is 2. The van der Waals surface area contributed by atoms with Crippen molar-refractivity contribution in [2.45, 2.75) is 33.0 Å². The Morgan fingerprint density at radius 2 is 1.74 bits per heavy atom. The van der Waals surface area contributed by atoms with Gasteiger partial charge < -0.3 is 14.6 Å². The molecule has 0 fully saturated rings. The van der Waals surface area contributed by atoms with Gasteiger partial charge in [-0.05, 0) is 37.1 Å². The molecule has 0 saturated heterocycles. The first-order chi connectivity index (χ1) is 11.1. The van der Waals surface area contributed by atoms with Gasteiger partial charge in [-0.1, -0.05) is 42.0 Å². The number of hydrogen-bond donors (Lipinski definition) is 1. The van der Waals surface area contributed by atoms with Crippen LogP contribution in [0, 0.1) is 6.92 Å². The van der Waals surface area contributed by atoms with Crippen LogP contribution in [0.5, 0.6) is 5.75 Å². The van der Waals surface area contributed by atoms with E-state index in [1.165, 1.54) is 5.56 Å². The first kappa shape index (κ1) is 17.0. The summed E-state index contributed by atoms with van der Waals surface area (Å²) < 4.78 is 11.2. The molecule has 2 aromatic carbocycles. The highest BCUT2D eigenvalue weighted by molar-refractivity contribution is 5.67. The second-order valence-corrected chi connectivity index (χ2v) is 5.39. The normalized spacial score (nSPS) is 11.9. The number of carboxylic acids is 1. The molecule has 0 aliphatic heterocycles. The van der Waals surface area contributed by atoms with Gasteiger partial charge in [0.15, 0.2) is 0 Å². The third kappa shape index (κ3) is 5.42. The SMILES string of the molecule is CCOC(CC(=O)O)c1ccc(OCc2ccc(C)cc2)cc1. The van der Waals surface area contributed by atoms with E-state index in [1.54, 1.807) is 0 Å². The van der Waals surface area contributed by atoms with Crippen molar-refractivity contribution < 1.29 is 19.4 Å². The van der Waals surface area contributed by atoms with Crippen molar-refractivity contribution in [3.63, 3.8) is 0 Å². The van der Waals surface area contributed by atoms with E-state index in [1.807, 2.05) is 43.3 Å². The minimum absolute atomic E-state index is 0.0442. The summed E-state index contributed by atoms with van der Waals surface area (Å²) in [6, 6.07) is 15.6. The van der Waals surface area contributed by atoms with E-state index in [0.29, 0.717) is 13.2 Å². The van der Waals surface area contributed by atoms with Crippen molar-refractivity contribution in [1.82, 2.24) is 0 Å². The molecule has 23 heavy (non-hydrogen) atoms. The molecule has 4 heteroatoms. The molecule has 2 aromatic rings. The average Bonchev–Trinajstić information content (AvgIpc) is 2.54. The standard InChI is InChI=1S/C19H22O4/c1-3-22-18(12-19(20)21)16-8-10-17(11-9-16)23-13-15-6-4-14(2)5-7-15/h4-11,18H,3,12-13H2,1-2H3,(H,20,21). The van der Waals surface area contributed by atoms with Gasteiger partial charge in [-0.3, -0.25) is 4.79 Å². The zero-order valence-corrected chi connectivity index (χ0v) is 13.5. The molecular weight excluding hydrogens is 292 g/mol. The molecule has 2 rings (SSSR count). The van der Waals surface area contributed by atoms with Gasteiger partial charge >= 0.3 is 5.97 Å². The number of carbonyl (C=O) groups is 1. The van der Waals surface area contributed by atoms with Gasteiger partial charge in [0.2, 0.25) is 0 Å². The van der Waals surface area contributed by atoms with Crippen LogP contribution in [0.25, 0.3) is 0 Å². The molecular formula is C19H22O4. The Morgan fingerprint density at radius 1 is 1.09 bits per heavy atom. The maximum absolute atomic E-state index is 10.9. The van der Waals surface area contributed by atoms with Crippen LogP contribution in [0.15, 0.2) is 48.5 Å². The van der Waals surface area contributed by atoms with Crippen LogP contribution in [0.1, 0.15) is 36.1 Å². The number of rotatable bonds is 8. The number of hydrogen-bond acceptors (Lipinski definition) is 3. The summed E-state index contributed by atoms with van der Waals surface area (Å²) in [6.45, 7) is 4.89. The molecule has 0 aliphatic carbocycles. The van der Waals surface area contributed by atoms with Crippen molar-refractivity contribution in [3.05, 3.63) is 65.2 Å². The van der Waals surface area contributed by atoms with E-state index in [-0.39, 0.29) is 6.42 Å². The van der Waals surface area contributed by atoms with Crippen LogP contribution < -0.4 is 4.74 Å². The van der Waals surface area contributed by atoms with Crippen LogP contribution in [0.3, 0.4) is 0 Å². The average molecular weight is 314 g/mol. The summed E-state index contributed by atoms with van der Waals surface area (Å²) in [5, 5.41) is 8.95. The monoisotopic (exact) mass is 314 g/mol. The largest absolute Gasteiger partial charge is 0.489 e. The zero-order valence-electron chi connectivity index (χ0n) is 13.5. The highest BCUT2D eigenvalue weighted by atomic mass is 16.5. The Hall–Kier alpha value is -2.33. The fourth-order valence-corrected chi connectivity index (χ4v) is 2.26. The summed E-state index contributed by atoms with van der Waals surface area (Å²) in [4.78, 5) is 10.9. The Kier molecular flexibility index (Phi) is 6.18. The number of benzene rings is 2. The molecule has 0 saturated carbocycles. The van der Waals surface area contributed by atoms with Crippen LogP contribution in [0.4, 0.5) is 0 Å². The molecule has 0 aliphatic rings. The van der Waals surface area contributed by atoms with Gasteiger partial charge in [0.1, 0.15) is 12.4 Å². The van der Waals surface area contributed by atoms with Crippen molar-refractivity contribution >= 4 is 5.97 Å². The predicted octanol–water partition coefficient (Wildman–Crippen LogP) is 4.13. The molecule has 0 bridgehead atoms. The smallest absolute Gasteiger partial charge is 0.306 e. The van der Waals surface area contributed by atoms with Gasteiger partial charge in [-0.25, -0.2) is 0 Å². The minimum atomic E-state index is -0.872. The Bertz CT molecular complexity index is 617. The summed E-state index contributed by atoms with van der Waals surface area (Å²) >= 11 is 0. The van der Waals surface area contributed by atoms with E-state index in [2.05, 4.69) is 19.1 Å². The van der Waals surface area contributed by atoms with Gasteiger partial charge in [-0.2, -0.15) is 0 Å². The van der Waals surface area contributed by atoms with Gasteiger partial charge in [0, 0.05) is 6.61 Å². The van der Waals surface area contributed by atoms with E-state index in [9.17, 15) is 4.79 Å². The summed E-state index contributed by atoms with van der Waals surface area (Å²) in [5.41, 5.74) is 3.17. The summed E-state index contributed by atoms with van der Waals surface area (Å²) in [7, 11) is 0. The topological polar surface area (TPSA) is 55.8 Å². The lowest BCUT2D eigenvalue weighted by atomic mass is 10.1. The van der Waals surface area contributed by atoms with E-state index in [4.69, 9.17) is 14.6 Å². The Balaban J connectivity index is 1.97. The molecule has 0 amide bonds. The molecule has 4 nitrogen and oxygen atoms in total. The van der Waals surface area contributed by atoms with Crippen molar-refractivity contribution in [2.24, 2.45) is 0 Å². The number of carboxylic acid groups (broad SMARTS) is 1. The van der Waals surface area contributed by atoms with Crippen LogP contribution in [0.2, 0.25) is 0 Å². The lowest BCUT2D eigenvalue weighted by Gasteiger charge is -2.16. The minimum Gasteiger partial charge on any atom is -0.489 e. The summed E-state index contributed by atoms with van der Waals surface area (Å²) in [6.07, 6.45) is -0.471. The second-order valence-electron chi connectivity index (χ2n) is 5.39. The quantitative estimate of drug-likeness (QED) is 0.796.